The van der Waals surface area contributed by atoms with Crippen LogP contribution in [0.5, 0.6) is 0 Å². The van der Waals surface area contributed by atoms with E-state index >= 15 is 0 Å². The van der Waals surface area contributed by atoms with E-state index in [0.717, 1.165) is 13.0 Å². The lowest BCUT2D eigenvalue weighted by atomic mass is 9.97. The molecule has 1 aliphatic heterocycles. The molecule has 13 heavy (non-hydrogen) atoms. The third-order valence-electron chi connectivity index (χ3n) is 2.44. The van der Waals surface area contributed by atoms with E-state index in [0.29, 0.717) is 12.5 Å². The molecule has 76 valence electrons. The predicted octanol–water partition coefficient (Wildman–Crippen LogP) is 0.872. The van der Waals surface area contributed by atoms with Gasteiger partial charge in [0, 0.05) is 19.0 Å². The number of aliphatic hydroxyl groups excluding tert-OH is 1. The first kappa shape index (κ1) is 10.5. The number of rotatable bonds is 1. The third kappa shape index (κ3) is 2.69. The molecule has 0 bridgehead atoms. The molecule has 3 nitrogen and oxygen atoms in total. The molecule has 0 radical (unpaired) electrons. The van der Waals surface area contributed by atoms with Gasteiger partial charge in [0.05, 0.1) is 6.10 Å². The topological polar surface area (TPSA) is 40.5 Å². The van der Waals surface area contributed by atoms with Gasteiger partial charge in [0.25, 0.3) is 0 Å². The molecule has 0 saturated carbocycles. The van der Waals surface area contributed by atoms with Crippen LogP contribution in [0.2, 0.25) is 0 Å². The minimum Gasteiger partial charge on any atom is -0.391 e. The summed E-state index contributed by atoms with van der Waals surface area (Å²) in [5.74, 6) is 0.620. The standard InChI is InChI=1S/C10H19NO2/c1-7(2)10(13)11-5-8(3)4-9(12)6-11/h7-9,12H,4-6H2,1-3H3/t8-,9-/m1/s1. The number of piperidine rings is 1. The number of likely N-dealkylation sites (tertiary alicyclic amines) is 1. The number of hydrogen-bond acceptors (Lipinski definition) is 2. The maximum Gasteiger partial charge on any atom is 0.225 e. The van der Waals surface area contributed by atoms with Crippen LogP contribution in [0, 0.1) is 11.8 Å². The van der Waals surface area contributed by atoms with Gasteiger partial charge in [-0.3, -0.25) is 4.79 Å². The van der Waals surface area contributed by atoms with Crippen LogP contribution in [-0.2, 0) is 4.79 Å². The van der Waals surface area contributed by atoms with Crippen molar-refractivity contribution in [3.63, 3.8) is 0 Å². The third-order valence-corrected chi connectivity index (χ3v) is 2.44. The van der Waals surface area contributed by atoms with Crippen LogP contribution in [0.25, 0.3) is 0 Å². The molecule has 2 atom stereocenters. The fourth-order valence-electron chi connectivity index (χ4n) is 1.86. The highest BCUT2D eigenvalue weighted by Crippen LogP contribution is 2.17. The zero-order valence-corrected chi connectivity index (χ0v) is 8.66. The smallest absolute Gasteiger partial charge is 0.225 e. The molecule has 0 aromatic carbocycles. The zero-order chi connectivity index (χ0) is 10.0. The quantitative estimate of drug-likeness (QED) is 0.658. The van der Waals surface area contributed by atoms with Crippen molar-refractivity contribution in [1.82, 2.24) is 4.90 Å². The maximum absolute atomic E-state index is 11.6. The van der Waals surface area contributed by atoms with Crippen LogP contribution in [-0.4, -0.2) is 35.1 Å². The lowest BCUT2D eigenvalue weighted by Crippen LogP contribution is -2.47. The van der Waals surface area contributed by atoms with E-state index in [1.807, 2.05) is 13.8 Å². The van der Waals surface area contributed by atoms with Gasteiger partial charge in [-0.2, -0.15) is 0 Å². The van der Waals surface area contributed by atoms with Crippen molar-refractivity contribution in [1.29, 1.82) is 0 Å². The summed E-state index contributed by atoms with van der Waals surface area (Å²) in [5.41, 5.74) is 0. The average Bonchev–Trinajstić information content (AvgIpc) is 2.01. The molecule has 0 aliphatic carbocycles. The van der Waals surface area contributed by atoms with E-state index < -0.39 is 0 Å². The first-order chi connectivity index (χ1) is 6.00. The Morgan fingerprint density at radius 3 is 2.54 bits per heavy atom. The molecular weight excluding hydrogens is 166 g/mol. The summed E-state index contributed by atoms with van der Waals surface area (Å²) in [6.07, 6.45) is 0.494. The van der Waals surface area contributed by atoms with Crippen LogP contribution in [0.15, 0.2) is 0 Å². The summed E-state index contributed by atoms with van der Waals surface area (Å²) in [5, 5.41) is 9.49. The van der Waals surface area contributed by atoms with E-state index in [1.54, 1.807) is 4.90 Å². The van der Waals surface area contributed by atoms with Crippen LogP contribution in [0.4, 0.5) is 0 Å². The number of amides is 1. The normalized spacial score (nSPS) is 29.5. The van der Waals surface area contributed by atoms with Crippen molar-refractivity contribution in [2.75, 3.05) is 13.1 Å². The molecule has 3 heteroatoms. The second-order valence-electron chi connectivity index (χ2n) is 4.39. The van der Waals surface area contributed by atoms with Crippen molar-refractivity contribution in [2.45, 2.75) is 33.3 Å². The SMILES string of the molecule is CC(C)C(=O)N1C[C@H](C)C[C@@H](O)C1. The van der Waals surface area contributed by atoms with Gasteiger partial charge in [-0.25, -0.2) is 0 Å². The lowest BCUT2D eigenvalue weighted by molar-refractivity contribution is -0.138. The Hall–Kier alpha value is -0.570. The van der Waals surface area contributed by atoms with E-state index in [2.05, 4.69) is 6.92 Å². The van der Waals surface area contributed by atoms with Gasteiger partial charge >= 0.3 is 0 Å². The van der Waals surface area contributed by atoms with Crippen LogP contribution in [0.3, 0.4) is 0 Å². The fourth-order valence-corrected chi connectivity index (χ4v) is 1.86. The Kier molecular flexibility index (Phi) is 3.31. The maximum atomic E-state index is 11.6. The Labute approximate surface area is 79.7 Å². The lowest BCUT2D eigenvalue weighted by Gasteiger charge is -2.35. The predicted molar refractivity (Wildman–Crippen MR) is 51.2 cm³/mol. The van der Waals surface area contributed by atoms with Gasteiger partial charge in [-0.15, -0.1) is 0 Å². The Morgan fingerprint density at radius 2 is 2.08 bits per heavy atom. The molecule has 1 heterocycles. The molecule has 0 aromatic rings. The number of aliphatic hydroxyl groups is 1. The molecule has 0 spiro atoms. The van der Waals surface area contributed by atoms with Gasteiger partial charge in [0.1, 0.15) is 0 Å². The number of nitrogens with zero attached hydrogens (tertiary/aromatic N) is 1. The zero-order valence-electron chi connectivity index (χ0n) is 8.66. The van der Waals surface area contributed by atoms with Gasteiger partial charge < -0.3 is 10.0 Å². The Bertz CT molecular complexity index is 181. The molecule has 1 fully saturated rings. The summed E-state index contributed by atoms with van der Waals surface area (Å²) in [7, 11) is 0. The molecular formula is C10H19NO2. The number of carbonyl (C=O) groups is 1. The van der Waals surface area contributed by atoms with Crippen molar-refractivity contribution in [3.8, 4) is 0 Å². The Morgan fingerprint density at radius 1 is 1.46 bits per heavy atom. The van der Waals surface area contributed by atoms with Gasteiger partial charge in [0.15, 0.2) is 0 Å². The number of carbonyl (C=O) groups excluding carboxylic acids is 1. The first-order valence-corrected chi connectivity index (χ1v) is 4.97. The van der Waals surface area contributed by atoms with E-state index in [1.165, 1.54) is 0 Å². The molecule has 1 aliphatic rings. The molecule has 1 N–H and O–H groups in total. The summed E-state index contributed by atoms with van der Waals surface area (Å²) in [6, 6.07) is 0. The fraction of sp³-hybridized carbons (Fsp3) is 0.900. The van der Waals surface area contributed by atoms with Crippen LogP contribution >= 0.6 is 0 Å². The average molecular weight is 185 g/mol. The molecule has 0 aromatic heterocycles. The minimum atomic E-state index is -0.327. The van der Waals surface area contributed by atoms with Crippen molar-refractivity contribution < 1.29 is 9.90 Å². The van der Waals surface area contributed by atoms with Gasteiger partial charge in [-0.05, 0) is 12.3 Å². The summed E-state index contributed by atoms with van der Waals surface area (Å²) >= 11 is 0. The van der Waals surface area contributed by atoms with Crippen molar-refractivity contribution in [2.24, 2.45) is 11.8 Å². The largest absolute Gasteiger partial charge is 0.391 e. The van der Waals surface area contributed by atoms with E-state index in [-0.39, 0.29) is 17.9 Å². The summed E-state index contributed by atoms with van der Waals surface area (Å²) in [4.78, 5) is 13.4. The van der Waals surface area contributed by atoms with E-state index in [4.69, 9.17) is 0 Å². The second-order valence-corrected chi connectivity index (χ2v) is 4.39. The summed E-state index contributed by atoms with van der Waals surface area (Å²) in [6.45, 7) is 7.18. The van der Waals surface area contributed by atoms with Gasteiger partial charge in [0.2, 0.25) is 5.91 Å². The highest BCUT2D eigenvalue weighted by molar-refractivity contribution is 5.78. The second kappa shape index (κ2) is 4.09. The first-order valence-electron chi connectivity index (χ1n) is 4.97. The minimum absolute atomic E-state index is 0.0394. The monoisotopic (exact) mass is 185 g/mol. The molecule has 1 rings (SSSR count). The highest BCUT2D eigenvalue weighted by atomic mass is 16.3. The number of β-amino-alcohol motifs (C(OH)–C–C–N with tert-alkyl or cyclic N) is 1. The Balaban J connectivity index is 2.55. The molecule has 1 saturated heterocycles. The number of hydrogen-bond donors (Lipinski definition) is 1. The highest BCUT2D eigenvalue weighted by Gasteiger charge is 2.27. The van der Waals surface area contributed by atoms with E-state index in [9.17, 15) is 9.90 Å². The molecule has 1 amide bonds. The van der Waals surface area contributed by atoms with Gasteiger partial charge in [-0.1, -0.05) is 20.8 Å². The molecule has 0 unspecified atom stereocenters. The van der Waals surface area contributed by atoms with Crippen LogP contribution in [0.1, 0.15) is 27.2 Å². The summed E-state index contributed by atoms with van der Waals surface area (Å²) < 4.78 is 0. The van der Waals surface area contributed by atoms with Crippen molar-refractivity contribution in [3.05, 3.63) is 0 Å². The van der Waals surface area contributed by atoms with Crippen molar-refractivity contribution >= 4 is 5.91 Å². The van der Waals surface area contributed by atoms with Crippen LogP contribution < -0.4 is 0 Å².